The van der Waals surface area contributed by atoms with Crippen LogP contribution in [0.3, 0.4) is 0 Å². The zero-order valence-electron chi connectivity index (χ0n) is 15.5. The van der Waals surface area contributed by atoms with Crippen molar-refractivity contribution in [2.24, 2.45) is 0 Å². The van der Waals surface area contributed by atoms with Crippen molar-refractivity contribution in [1.29, 1.82) is 0 Å². The fourth-order valence-corrected chi connectivity index (χ4v) is 3.66. The lowest BCUT2D eigenvalue weighted by molar-refractivity contribution is 0.0194. The zero-order chi connectivity index (χ0) is 18.4. The Morgan fingerprint density at radius 3 is 2.69 bits per heavy atom. The van der Waals surface area contributed by atoms with Gasteiger partial charge in [0.05, 0.1) is 18.8 Å². The summed E-state index contributed by atoms with van der Waals surface area (Å²) in [6.45, 7) is 6.19. The number of hydrogen-bond acceptors (Lipinski definition) is 5. The third-order valence-corrected chi connectivity index (χ3v) is 5.40. The third-order valence-electron chi connectivity index (χ3n) is 5.40. The van der Waals surface area contributed by atoms with Crippen molar-refractivity contribution < 1.29 is 23.4 Å². The van der Waals surface area contributed by atoms with Crippen molar-refractivity contribution in [2.45, 2.75) is 44.6 Å². The van der Waals surface area contributed by atoms with E-state index in [4.69, 9.17) is 14.2 Å². The van der Waals surface area contributed by atoms with Gasteiger partial charge in [0.25, 0.3) is 0 Å². The predicted octanol–water partition coefficient (Wildman–Crippen LogP) is 3.42. The van der Waals surface area contributed by atoms with Crippen LogP contribution < -0.4 is 4.74 Å². The highest BCUT2D eigenvalue weighted by Gasteiger charge is 2.35. The van der Waals surface area contributed by atoms with Crippen molar-refractivity contribution in [3.05, 3.63) is 29.6 Å². The maximum absolute atomic E-state index is 14.2. The molecule has 0 unspecified atom stereocenters. The highest BCUT2D eigenvalue weighted by molar-refractivity contribution is 5.89. The Kier molecular flexibility index (Phi) is 6.48. The fraction of sp³-hybridized carbons (Fsp3) is 0.650. The lowest BCUT2D eigenvalue weighted by atomic mass is 9.98. The Balaban J connectivity index is 1.58. The molecule has 144 valence electrons. The molecule has 1 aliphatic carbocycles. The summed E-state index contributed by atoms with van der Waals surface area (Å²) >= 11 is 0. The minimum absolute atomic E-state index is 0.149. The minimum atomic E-state index is -0.444. The predicted molar refractivity (Wildman–Crippen MR) is 96.1 cm³/mol. The number of morpholine rings is 1. The molecular formula is C20H28FNO4. The standard InChI is InChI=1S/C20H28FNO4/c1-2-20(7-3-4-8-20)26-18-15-16(5-6-17(18)21)19(23)25-14-11-22-9-12-24-13-10-22/h5-6,15H,2-4,7-14H2,1H3. The minimum Gasteiger partial charge on any atom is -0.484 e. The number of carbonyl (C=O) groups is 1. The van der Waals surface area contributed by atoms with Crippen molar-refractivity contribution >= 4 is 5.97 Å². The van der Waals surface area contributed by atoms with E-state index in [0.717, 1.165) is 45.2 Å². The first-order valence-electron chi connectivity index (χ1n) is 9.58. The first-order chi connectivity index (χ1) is 12.6. The van der Waals surface area contributed by atoms with Gasteiger partial charge in [-0.3, -0.25) is 4.90 Å². The largest absolute Gasteiger partial charge is 0.484 e. The van der Waals surface area contributed by atoms with Gasteiger partial charge in [0.1, 0.15) is 12.2 Å². The van der Waals surface area contributed by atoms with Gasteiger partial charge in [0.15, 0.2) is 11.6 Å². The Labute approximate surface area is 154 Å². The summed E-state index contributed by atoms with van der Waals surface area (Å²) in [7, 11) is 0. The van der Waals surface area contributed by atoms with Crippen molar-refractivity contribution in [2.75, 3.05) is 39.5 Å². The number of halogens is 1. The maximum atomic E-state index is 14.2. The SMILES string of the molecule is CCC1(Oc2cc(C(=O)OCCN3CCOCC3)ccc2F)CCCC1. The molecular weight excluding hydrogens is 337 g/mol. The molecule has 0 radical (unpaired) electrons. The molecule has 1 aromatic carbocycles. The second-order valence-corrected chi connectivity index (χ2v) is 7.08. The van der Waals surface area contributed by atoms with E-state index in [-0.39, 0.29) is 11.4 Å². The Hall–Kier alpha value is -1.66. The summed E-state index contributed by atoms with van der Waals surface area (Å²) in [6.07, 6.45) is 4.88. The monoisotopic (exact) mass is 365 g/mol. The summed E-state index contributed by atoms with van der Waals surface area (Å²) in [5, 5.41) is 0. The Morgan fingerprint density at radius 1 is 1.27 bits per heavy atom. The second-order valence-electron chi connectivity index (χ2n) is 7.08. The van der Waals surface area contributed by atoms with Crippen LogP contribution in [0.1, 0.15) is 49.4 Å². The molecule has 1 heterocycles. The Bertz CT molecular complexity index is 610. The molecule has 0 N–H and O–H groups in total. The van der Waals surface area contributed by atoms with Gasteiger partial charge in [0.2, 0.25) is 0 Å². The lowest BCUT2D eigenvalue weighted by Gasteiger charge is -2.29. The van der Waals surface area contributed by atoms with Gasteiger partial charge in [-0.15, -0.1) is 0 Å². The average molecular weight is 365 g/mol. The second kappa shape index (κ2) is 8.82. The van der Waals surface area contributed by atoms with Crippen LogP contribution in [0.15, 0.2) is 18.2 Å². The van der Waals surface area contributed by atoms with E-state index >= 15 is 0 Å². The molecule has 1 saturated heterocycles. The molecule has 0 aromatic heterocycles. The van der Waals surface area contributed by atoms with Crippen LogP contribution in [0, 0.1) is 5.82 Å². The first kappa shape index (κ1) is 19.1. The summed E-state index contributed by atoms with van der Waals surface area (Å²) in [6, 6.07) is 4.21. The van der Waals surface area contributed by atoms with Crippen LogP contribution in [-0.4, -0.2) is 55.9 Å². The quantitative estimate of drug-likeness (QED) is 0.693. The van der Waals surface area contributed by atoms with Gasteiger partial charge in [-0.25, -0.2) is 9.18 Å². The number of esters is 1. The third kappa shape index (κ3) is 4.74. The normalized spacial score (nSPS) is 20.1. The van der Waals surface area contributed by atoms with Gasteiger partial charge < -0.3 is 14.2 Å². The van der Waals surface area contributed by atoms with Crippen LogP contribution >= 0.6 is 0 Å². The smallest absolute Gasteiger partial charge is 0.338 e. The van der Waals surface area contributed by atoms with Crippen LogP contribution in [-0.2, 0) is 9.47 Å². The van der Waals surface area contributed by atoms with E-state index < -0.39 is 11.8 Å². The van der Waals surface area contributed by atoms with Crippen molar-refractivity contribution in [3.8, 4) is 5.75 Å². The number of nitrogens with zero attached hydrogens (tertiary/aromatic N) is 1. The molecule has 1 saturated carbocycles. The summed E-state index contributed by atoms with van der Waals surface area (Å²) < 4.78 is 30.9. The van der Waals surface area contributed by atoms with Crippen molar-refractivity contribution in [3.63, 3.8) is 0 Å². The molecule has 1 aliphatic heterocycles. The summed E-state index contributed by atoms with van der Waals surface area (Å²) in [5.74, 6) is -0.731. The van der Waals surface area contributed by atoms with Crippen LogP contribution in [0.4, 0.5) is 4.39 Å². The number of carbonyl (C=O) groups excluding carboxylic acids is 1. The molecule has 6 heteroatoms. The fourth-order valence-electron chi connectivity index (χ4n) is 3.66. The highest BCUT2D eigenvalue weighted by atomic mass is 19.1. The van der Waals surface area contributed by atoms with Crippen LogP contribution in [0.2, 0.25) is 0 Å². The van der Waals surface area contributed by atoms with Crippen molar-refractivity contribution in [1.82, 2.24) is 4.90 Å². The molecule has 3 rings (SSSR count). The molecule has 5 nitrogen and oxygen atoms in total. The topological polar surface area (TPSA) is 48.0 Å². The Morgan fingerprint density at radius 2 is 2.00 bits per heavy atom. The van der Waals surface area contributed by atoms with E-state index in [9.17, 15) is 9.18 Å². The molecule has 0 amide bonds. The van der Waals surface area contributed by atoms with Gasteiger partial charge in [-0.2, -0.15) is 0 Å². The molecule has 26 heavy (non-hydrogen) atoms. The molecule has 0 atom stereocenters. The summed E-state index contributed by atoms with van der Waals surface area (Å²) in [5.41, 5.74) is 0.0207. The van der Waals surface area contributed by atoms with Crippen LogP contribution in [0.5, 0.6) is 5.75 Å². The van der Waals surface area contributed by atoms with E-state index in [2.05, 4.69) is 11.8 Å². The number of rotatable bonds is 7. The summed E-state index contributed by atoms with van der Waals surface area (Å²) in [4.78, 5) is 14.5. The molecule has 0 bridgehead atoms. The molecule has 2 fully saturated rings. The molecule has 1 aromatic rings. The van der Waals surface area contributed by atoms with Gasteiger partial charge in [0, 0.05) is 19.6 Å². The van der Waals surface area contributed by atoms with E-state index in [1.54, 1.807) is 0 Å². The number of benzene rings is 1. The molecule has 2 aliphatic rings. The highest BCUT2D eigenvalue weighted by Crippen LogP contribution is 2.38. The van der Waals surface area contributed by atoms with E-state index in [1.807, 2.05) is 0 Å². The van der Waals surface area contributed by atoms with Crippen LogP contribution in [0.25, 0.3) is 0 Å². The van der Waals surface area contributed by atoms with E-state index in [0.29, 0.717) is 31.9 Å². The zero-order valence-corrected chi connectivity index (χ0v) is 15.5. The van der Waals surface area contributed by atoms with Gasteiger partial charge in [-0.05, 0) is 50.3 Å². The lowest BCUT2D eigenvalue weighted by Crippen LogP contribution is -2.38. The number of hydrogen-bond donors (Lipinski definition) is 0. The van der Waals surface area contributed by atoms with E-state index in [1.165, 1.54) is 18.2 Å². The maximum Gasteiger partial charge on any atom is 0.338 e. The average Bonchev–Trinajstić information content (AvgIpc) is 3.13. The van der Waals surface area contributed by atoms with Gasteiger partial charge >= 0.3 is 5.97 Å². The number of ether oxygens (including phenoxy) is 3. The first-order valence-corrected chi connectivity index (χ1v) is 9.58. The molecule has 0 spiro atoms. The van der Waals surface area contributed by atoms with Gasteiger partial charge in [-0.1, -0.05) is 6.92 Å².